The molecule has 92 valence electrons. The average molecular weight is 270 g/mol. The van der Waals surface area contributed by atoms with E-state index in [0.717, 1.165) is 11.4 Å². The maximum absolute atomic E-state index is 5.71. The summed E-state index contributed by atoms with van der Waals surface area (Å²) in [5, 5.41) is 1.90. The third-order valence-electron chi connectivity index (χ3n) is 1.93. The number of aryl methyl sites for hydroxylation is 1. The number of hydrogen-bond acceptors (Lipinski definition) is 3. The molecule has 0 aliphatic carbocycles. The van der Waals surface area contributed by atoms with E-state index < -0.39 is 0 Å². The molecule has 0 N–H and O–H groups in total. The molecule has 1 aromatic carbocycles. The fourth-order valence-corrected chi connectivity index (χ4v) is 1.91. The van der Waals surface area contributed by atoms with Gasteiger partial charge < -0.3 is 4.74 Å². The normalized spacial score (nSPS) is 9.41. The summed E-state index contributed by atoms with van der Waals surface area (Å²) in [5.41, 5.74) is 2.09. The first-order valence-electron chi connectivity index (χ1n) is 5.53. The van der Waals surface area contributed by atoms with Gasteiger partial charge in [-0.15, -0.1) is 11.3 Å². The lowest BCUT2D eigenvalue weighted by atomic mass is 10.2. The fourth-order valence-electron chi connectivity index (χ4n) is 1.14. The topological polar surface area (TPSA) is 22.1 Å². The smallest absolute Gasteiger partial charge is 0.183 e. The Labute approximate surface area is 111 Å². The van der Waals surface area contributed by atoms with Crippen LogP contribution < -0.4 is 4.74 Å². The van der Waals surface area contributed by atoms with Crippen LogP contribution in [0, 0.1) is 6.92 Å². The summed E-state index contributed by atoms with van der Waals surface area (Å²) in [6, 6.07) is 7.93. The van der Waals surface area contributed by atoms with Gasteiger partial charge in [-0.25, -0.2) is 4.98 Å². The maximum atomic E-state index is 5.71. The zero-order valence-electron chi connectivity index (χ0n) is 10.2. The highest BCUT2D eigenvalue weighted by molar-refractivity contribution is 7.13. The second-order valence-electron chi connectivity index (χ2n) is 3.19. The Morgan fingerprint density at radius 1 is 1.24 bits per heavy atom. The van der Waals surface area contributed by atoms with Crippen molar-refractivity contribution in [1.29, 1.82) is 0 Å². The van der Waals surface area contributed by atoms with Crippen molar-refractivity contribution in [3.05, 3.63) is 45.4 Å². The Hall–Kier alpha value is -1.06. The zero-order valence-corrected chi connectivity index (χ0v) is 11.8. The van der Waals surface area contributed by atoms with Crippen LogP contribution in [-0.2, 0) is 6.61 Å². The first-order valence-corrected chi connectivity index (χ1v) is 6.79. The number of aromatic nitrogens is 1. The highest BCUT2D eigenvalue weighted by Crippen LogP contribution is 2.17. The van der Waals surface area contributed by atoms with Crippen LogP contribution in [0.25, 0.3) is 0 Å². The molecular formula is C13H16ClNOS. The van der Waals surface area contributed by atoms with Crippen molar-refractivity contribution >= 4 is 22.9 Å². The van der Waals surface area contributed by atoms with Gasteiger partial charge in [0.2, 0.25) is 0 Å². The van der Waals surface area contributed by atoms with Crippen molar-refractivity contribution in [2.45, 2.75) is 27.4 Å². The van der Waals surface area contributed by atoms with E-state index in [9.17, 15) is 0 Å². The van der Waals surface area contributed by atoms with Crippen LogP contribution in [0.5, 0.6) is 5.75 Å². The van der Waals surface area contributed by atoms with E-state index in [1.54, 1.807) is 0 Å². The summed E-state index contributed by atoms with van der Waals surface area (Å²) in [6.07, 6.45) is 0. The molecule has 0 spiro atoms. The van der Waals surface area contributed by atoms with Crippen molar-refractivity contribution in [3.8, 4) is 5.75 Å². The summed E-state index contributed by atoms with van der Waals surface area (Å²) in [7, 11) is 0. The van der Waals surface area contributed by atoms with Crippen LogP contribution in [0.15, 0.2) is 29.6 Å². The molecule has 2 aromatic rings. The first kappa shape index (κ1) is 14.0. The molecule has 0 atom stereocenters. The molecule has 0 amide bonds. The monoisotopic (exact) mass is 269 g/mol. The second-order valence-corrected chi connectivity index (χ2v) is 4.63. The predicted molar refractivity (Wildman–Crippen MR) is 74.0 cm³/mol. The van der Waals surface area contributed by atoms with Gasteiger partial charge in [0, 0.05) is 5.38 Å². The lowest BCUT2D eigenvalue weighted by molar-refractivity contribution is 0.302. The number of ether oxygens (including phenoxy) is 1. The van der Waals surface area contributed by atoms with E-state index >= 15 is 0 Å². The van der Waals surface area contributed by atoms with Gasteiger partial charge in [0.05, 0.1) is 5.69 Å². The largest absolute Gasteiger partial charge is 0.487 e. The van der Waals surface area contributed by atoms with Gasteiger partial charge in [-0.05, 0) is 19.1 Å². The third kappa shape index (κ3) is 4.75. The van der Waals surface area contributed by atoms with Crippen LogP contribution >= 0.6 is 22.9 Å². The molecule has 1 aromatic heterocycles. The first-order chi connectivity index (χ1) is 8.24. The van der Waals surface area contributed by atoms with E-state index in [1.807, 2.05) is 50.4 Å². The number of benzene rings is 1. The van der Waals surface area contributed by atoms with Crippen molar-refractivity contribution in [3.63, 3.8) is 0 Å². The number of halogens is 1. The Kier molecular flexibility index (Phi) is 6.01. The van der Waals surface area contributed by atoms with Crippen LogP contribution in [0.1, 0.15) is 25.1 Å². The van der Waals surface area contributed by atoms with Gasteiger partial charge >= 0.3 is 0 Å². The van der Waals surface area contributed by atoms with Crippen LogP contribution in [0.4, 0.5) is 0 Å². The average Bonchev–Trinajstić information content (AvgIpc) is 2.77. The standard InChI is InChI=1S/C11H10ClNOS.C2H6/c1-8-2-4-10(5-3-8)14-6-9-7-15-11(12)13-9;1-2/h2-5,7H,6H2,1H3;1-2H3. The Bertz CT molecular complexity index is 439. The van der Waals surface area contributed by atoms with Crippen molar-refractivity contribution in [2.24, 2.45) is 0 Å². The molecular weight excluding hydrogens is 254 g/mol. The molecule has 0 unspecified atom stereocenters. The maximum Gasteiger partial charge on any atom is 0.183 e. The lowest BCUT2D eigenvalue weighted by Gasteiger charge is -2.03. The quantitative estimate of drug-likeness (QED) is 0.805. The molecule has 2 rings (SSSR count). The van der Waals surface area contributed by atoms with Crippen molar-refractivity contribution in [2.75, 3.05) is 0 Å². The minimum absolute atomic E-state index is 0.465. The summed E-state index contributed by atoms with van der Waals surface area (Å²) in [6.45, 7) is 6.51. The van der Waals surface area contributed by atoms with E-state index in [1.165, 1.54) is 16.9 Å². The van der Waals surface area contributed by atoms with Crippen molar-refractivity contribution < 1.29 is 4.74 Å². The molecule has 1 heterocycles. The van der Waals surface area contributed by atoms with Crippen LogP contribution in [-0.4, -0.2) is 4.98 Å². The fraction of sp³-hybridized carbons (Fsp3) is 0.308. The SMILES string of the molecule is CC.Cc1ccc(OCc2csc(Cl)n2)cc1. The molecule has 0 bridgehead atoms. The van der Waals surface area contributed by atoms with Crippen LogP contribution in [0.2, 0.25) is 4.47 Å². The Morgan fingerprint density at radius 3 is 2.41 bits per heavy atom. The van der Waals surface area contributed by atoms with Gasteiger partial charge in [0.1, 0.15) is 12.4 Å². The lowest BCUT2D eigenvalue weighted by Crippen LogP contribution is -1.95. The molecule has 0 aliphatic rings. The molecule has 0 radical (unpaired) electrons. The van der Waals surface area contributed by atoms with E-state index in [2.05, 4.69) is 4.98 Å². The van der Waals surface area contributed by atoms with Crippen LogP contribution in [0.3, 0.4) is 0 Å². The van der Waals surface area contributed by atoms with Gasteiger partial charge in [0.15, 0.2) is 4.47 Å². The number of nitrogens with zero attached hydrogens (tertiary/aromatic N) is 1. The van der Waals surface area contributed by atoms with Gasteiger partial charge in [0.25, 0.3) is 0 Å². The Morgan fingerprint density at radius 2 is 1.88 bits per heavy atom. The minimum Gasteiger partial charge on any atom is -0.487 e. The van der Waals surface area contributed by atoms with Crippen molar-refractivity contribution in [1.82, 2.24) is 4.98 Å². The minimum atomic E-state index is 0.465. The summed E-state index contributed by atoms with van der Waals surface area (Å²) < 4.78 is 6.10. The number of rotatable bonds is 3. The Balaban J connectivity index is 0.000000686. The van der Waals surface area contributed by atoms with E-state index in [-0.39, 0.29) is 0 Å². The molecule has 0 fully saturated rings. The second kappa shape index (κ2) is 7.30. The summed E-state index contributed by atoms with van der Waals surface area (Å²) >= 11 is 7.13. The van der Waals surface area contributed by atoms with Gasteiger partial charge in [-0.3, -0.25) is 0 Å². The number of thiazole rings is 1. The third-order valence-corrected chi connectivity index (χ3v) is 2.96. The van der Waals surface area contributed by atoms with Gasteiger partial charge in [-0.2, -0.15) is 0 Å². The number of hydrogen-bond donors (Lipinski definition) is 0. The molecule has 2 nitrogen and oxygen atoms in total. The van der Waals surface area contributed by atoms with E-state index in [4.69, 9.17) is 16.3 Å². The predicted octanol–water partition coefficient (Wildman–Crippen LogP) is 4.71. The highest BCUT2D eigenvalue weighted by atomic mass is 35.5. The molecule has 0 saturated heterocycles. The zero-order chi connectivity index (χ0) is 12.7. The van der Waals surface area contributed by atoms with E-state index in [0.29, 0.717) is 11.1 Å². The summed E-state index contributed by atoms with van der Waals surface area (Å²) in [4.78, 5) is 4.10. The molecule has 0 saturated carbocycles. The molecule has 0 aliphatic heterocycles. The highest BCUT2D eigenvalue weighted by Gasteiger charge is 2.00. The van der Waals surface area contributed by atoms with Gasteiger partial charge in [-0.1, -0.05) is 43.1 Å². The summed E-state index contributed by atoms with van der Waals surface area (Å²) in [5.74, 6) is 0.852. The molecule has 4 heteroatoms. The molecule has 17 heavy (non-hydrogen) atoms.